The summed E-state index contributed by atoms with van der Waals surface area (Å²) in [6, 6.07) is 25.2. The monoisotopic (exact) mass is 453 g/mol. The normalized spacial score (nSPS) is 14.2. The molecule has 0 spiro atoms. The summed E-state index contributed by atoms with van der Waals surface area (Å²) in [5, 5.41) is 2.13. The van der Waals surface area contributed by atoms with Crippen LogP contribution in [0.25, 0.3) is 16.8 Å². The van der Waals surface area contributed by atoms with E-state index in [1.807, 2.05) is 42.5 Å². The number of nitrogens with zero attached hydrogens (tertiary/aromatic N) is 1. The van der Waals surface area contributed by atoms with E-state index in [2.05, 4.69) is 4.99 Å². The number of rotatable bonds is 6. The Kier molecular flexibility index (Phi) is 5.79. The number of ether oxygens (including phenoxy) is 3. The SMILES string of the molecule is COc1cc(/C=C2\N=C(c3ccc4ccccc4c3)OC2=O)ccc1OCc1cccc(F)c1. The third kappa shape index (κ3) is 4.52. The molecule has 1 heterocycles. The van der Waals surface area contributed by atoms with Gasteiger partial charge in [-0.2, -0.15) is 0 Å². The van der Waals surface area contributed by atoms with Crippen LogP contribution in [0.15, 0.2) is 95.6 Å². The summed E-state index contributed by atoms with van der Waals surface area (Å²) >= 11 is 0. The first kappa shape index (κ1) is 21.4. The summed E-state index contributed by atoms with van der Waals surface area (Å²) < 4.78 is 30.0. The van der Waals surface area contributed by atoms with Crippen molar-refractivity contribution >= 4 is 28.7 Å². The molecule has 5 nitrogen and oxygen atoms in total. The van der Waals surface area contributed by atoms with E-state index < -0.39 is 5.97 Å². The highest BCUT2D eigenvalue weighted by Crippen LogP contribution is 2.30. The first-order valence-electron chi connectivity index (χ1n) is 10.7. The molecule has 0 unspecified atom stereocenters. The average Bonchev–Trinajstić information content (AvgIpc) is 3.22. The van der Waals surface area contributed by atoms with E-state index in [1.165, 1.54) is 19.2 Å². The largest absolute Gasteiger partial charge is 0.493 e. The second kappa shape index (κ2) is 9.19. The maximum atomic E-state index is 13.4. The lowest BCUT2D eigenvalue weighted by molar-refractivity contribution is -0.129. The molecular weight excluding hydrogens is 433 g/mol. The molecule has 6 heteroatoms. The van der Waals surface area contributed by atoms with Gasteiger partial charge in [0.05, 0.1) is 7.11 Å². The van der Waals surface area contributed by atoms with Crippen molar-refractivity contribution in [1.29, 1.82) is 0 Å². The number of esters is 1. The summed E-state index contributed by atoms with van der Waals surface area (Å²) in [5.41, 5.74) is 2.33. The van der Waals surface area contributed by atoms with E-state index in [4.69, 9.17) is 14.2 Å². The van der Waals surface area contributed by atoms with E-state index >= 15 is 0 Å². The third-order valence-electron chi connectivity index (χ3n) is 5.39. The maximum Gasteiger partial charge on any atom is 0.363 e. The van der Waals surface area contributed by atoms with Gasteiger partial charge in [-0.3, -0.25) is 0 Å². The number of hydrogen-bond donors (Lipinski definition) is 0. The summed E-state index contributed by atoms with van der Waals surface area (Å²) in [5.74, 6) is 0.416. The van der Waals surface area contributed by atoms with Crippen molar-refractivity contribution in [1.82, 2.24) is 0 Å². The second-order valence-corrected chi connectivity index (χ2v) is 7.73. The molecule has 0 N–H and O–H groups in total. The zero-order valence-electron chi connectivity index (χ0n) is 18.3. The van der Waals surface area contributed by atoms with Crippen molar-refractivity contribution in [2.75, 3.05) is 7.11 Å². The first-order valence-corrected chi connectivity index (χ1v) is 10.7. The maximum absolute atomic E-state index is 13.4. The van der Waals surface area contributed by atoms with Crippen molar-refractivity contribution in [2.24, 2.45) is 4.99 Å². The van der Waals surface area contributed by atoms with Gasteiger partial charge < -0.3 is 14.2 Å². The minimum absolute atomic E-state index is 0.193. The Hall–Kier alpha value is -4.45. The zero-order valence-corrected chi connectivity index (χ0v) is 18.3. The van der Waals surface area contributed by atoms with Gasteiger partial charge in [-0.15, -0.1) is 0 Å². The number of benzene rings is 4. The summed E-state index contributed by atoms with van der Waals surface area (Å²) in [6.45, 7) is 0.195. The Morgan fingerprint density at radius 3 is 2.59 bits per heavy atom. The molecule has 168 valence electrons. The molecule has 4 aromatic rings. The quantitative estimate of drug-likeness (QED) is 0.269. The molecule has 1 aliphatic heterocycles. The fourth-order valence-corrected chi connectivity index (χ4v) is 3.69. The van der Waals surface area contributed by atoms with Crippen molar-refractivity contribution < 1.29 is 23.4 Å². The molecule has 0 aromatic heterocycles. The molecule has 4 aromatic carbocycles. The Morgan fingerprint density at radius 1 is 0.912 bits per heavy atom. The van der Waals surface area contributed by atoms with Crippen LogP contribution in [0.5, 0.6) is 11.5 Å². The van der Waals surface area contributed by atoms with Crippen LogP contribution in [0, 0.1) is 5.82 Å². The number of methoxy groups -OCH3 is 1. The van der Waals surface area contributed by atoms with E-state index in [9.17, 15) is 9.18 Å². The highest BCUT2D eigenvalue weighted by atomic mass is 19.1. The van der Waals surface area contributed by atoms with E-state index in [1.54, 1.807) is 36.4 Å². The van der Waals surface area contributed by atoms with Gasteiger partial charge in [0.2, 0.25) is 5.90 Å². The van der Waals surface area contributed by atoms with Gasteiger partial charge in [-0.25, -0.2) is 14.2 Å². The molecule has 0 bridgehead atoms. The van der Waals surface area contributed by atoms with Crippen molar-refractivity contribution in [3.05, 3.63) is 113 Å². The fourth-order valence-electron chi connectivity index (χ4n) is 3.69. The standard InChI is InChI=1S/C28H20FNO4/c1-32-26-15-18(9-12-25(26)33-17-19-5-4-8-23(29)13-19)14-24-28(31)34-27(30-24)22-11-10-20-6-2-3-7-21(20)16-22/h2-16H,17H2,1H3/b24-14-. The van der Waals surface area contributed by atoms with Crippen LogP contribution < -0.4 is 9.47 Å². The summed E-state index contributed by atoms with van der Waals surface area (Å²) in [7, 11) is 1.53. The average molecular weight is 453 g/mol. The Bertz CT molecular complexity index is 1460. The second-order valence-electron chi connectivity index (χ2n) is 7.73. The molecule has 0 aliphatic carbocycles. The van der Waals surface area contributed by atoms with Crippen LogP contribution in [0.1, 0.15) is 16.7 Å². The van der Waals surface area contributed by atoms with Crippen LogP contribution in [0.4, 0.5) is 4.39 Å². The molecule has 0 fully saturated rings. The van der Waals surface area contributed by atoms with Gasteiger partial charge in [0.15, 0.2) is 17.2 Å². The minimum atomic E-state index is -0.520. The number of halogens is 1. The number of cyclic esters (lactones) is 1. The van der Waals surface area contributed by atoms with E-state index in [0.29, 0.717) is 22.6 Å². The molecule has 5 rings (SSSR count). The summed E-state index contributed by atoms with van der Waals surface area (Å²) in [6.07, 6.45) is 1.63. The molecule has 0 amide bonds. The fraction of sp³-hybridized carbons (Fsp3) is 0.0714. The highest BCUT2D eigenvalue weighted by Gasteiger charge is 2.24. The van der Waals surface area contributed by atoms with Gasteiger partial charge in [-0.1, -0.05) is 48.5 Å². The lowest BCUT2D eigenvalue weighted by Crippen LogP contribution is -2.05. The van der Waals surface area contributed by atoms with Crippen LogP contribution >= 0.6 is 0 Å². The first-order chi connectivity index (χ1) is 16.6. The lowest BCUT2D eigenvalue weighted by atomic mass is 10.1. The predicted molar refractivity (Wildman–Crippen MR) is 128 cm³/mol. The van der Waals surface area contributed by atoms with Crippen molar-refractivity contribution in [2.45, 2.75) is 6.61 Å². The molecule has 34 heavy (non-hydrogen) atoms. The van der Waals surface area contributed by atoms with Gasteiger partial charge in [0, 0.05) is 5.56 Å². The number of fused-ring (bicyclic) bond motifs is 1. The minimum Gasteiger partial charge on any atom is -0.493 e. The molecule has 0 atom stereocenters. The highest BCUT2D eigenvalue weighted by molar-refractivity contribution is 6.13. The van der Waals surface area contributed by atoms with Gasteiger partial charge >= 0.3 is 5.97 Å². The number of carbonyl (C=O) groups excluding carboxylic acids is 1. The van der Waals surface area contributed by atoms with Crippen molar-refractivity contribution in [3.63, 3.8) is 0 Å². The predicted octanol–water partition coefficient (Wildman–Crippen LogP) is 5.91. The zero-order chi connectivity index (χ0) is 23.5. The molecule has 0 saturated heterocycles. The molecular formula is C28H20FNO4. The van der Waals surface area contributed by atoms with E-state index in [0.717, 1.165) is 16.3 Å². The number of hydrogen-bond acceptors (Lipinski definition) is 5. The van der Waals surface area contributed by atoms with Crippen LogP contribution in [-0.2, 0) is 16.1 Å². The topological polar surface area (TPSA) is 57.1 Å². The number of carbonyl (C=O) groups is 1. The molecule has 0 radical (unpaired) electrons. The number of aliphatic imine (C=N–C) groups is 1. The Labute approximate surface area is 195 Å². The molecule has 1 aliphatic rings. The van der Waals surface area contributed by atoms with Crippen LogP contribution in [-0.4, -0.2) is 19.0 Å². The van der Waals surface area contributed by atoms with Crippen LogP contribution in [0.3, 0.4) is 0 Å². The lowest BCUT2D eigenvalue weighted by Gasteiger charge is -2.11. The van der Waals surface area contributed by atoms with Gasteiger partial charge in [0.1, 0.15) is 12.4 Å². The smallest absolute Gasteiger partial charge is 0.363 e. The molecule has 0 saturated carbocycles. The van der Waals surface area contributed by atoms with Crippen LogP contribution in [0.2, 0.25) is 0 Å². The van der Waals surface area contributed by atoms with Gasteiger partial charge in [0.25, 0.3) is 0 Å². The third-order valence-corrected chi connectivity index (χ3v) is 5.39. The van der Waals surface area contributed by atoms with E-state index in [-0.39, 0.29) is 24.0 Å². The summed E-state index contributed by atoms with van der Waals surface area (Å²) in [4.78, 5) is 16.8. The van der Waals surface area contributed by atoms with Gasteiger partial charge in [-0.05, 0) is 64.4 Å². The Morgan fingerprint density at radius 2 is 1.76 bits per heavy atom. The Balaban J connectivity index is 1.37. The van der Waals surface area contributed by atoms with Crippen molar-refractivity contribution in [3.8, 4) is 11.5 Å².